The standard InChI is InChI=1S/C23H23FN2O4/c1-3-30-22(29)23(13-14-7-5-4-6-8-14)18-17(20(27)26(2)21(18)28)19(25-23)15-9-11-16(24)12-10-15/h4-12,17-19,25H,3,13H2,1-2H3/t17-,18-,19-,23-/m1/s1. The van der Waals surface area contributed by atoms with Crippen molar-refractivity contribution in [1.29, 1.82) is 0 Å². The molecule has 0 unspecified atom stereocenters. The van der Waals surface area contributed by atoms with E-state index < -0.39 is 41.1 Å². The molecule has 0 spiro atoms. The van der Waals surface area contributed by atoms with Gasteiger partial charge in [-0.05, 0) is 30.2 Å². The Morgan fingerprint density at radius 3 is 2.40 bits per heavy atom. The highest BCUT2D eigenvalue weighted by atomic mass is 19.1. The summed E-state index contributed by atoms with van der Waals surface area (Å²) in [6, 6.07) is 14.4. The number of ether oxygens (including phenoxy) is 1. The first-order valence-electron chi connectivity index (χ1n) is 9.94. The fourth-order valence-corrected chi connectivity index (χ4v) is 4.70. The highest BCUT2D eigenvalue weighted by Gasteiger charge is 2.68. The highest BCUT2D eigenvalue weighted by Crippen LogP contribution is 2.50. The topological polar surface area (TPSA) is 75.7 Å². The van der Waals surface area contributed by atoms with Crippen molar-refractivity contribution in [3.05, 3.63) is 71.5 Å². The number of nitrogens with one attached hydrogen (secondary N) is 1. The Labute approximate surface area is 174 Å². The lowest BCUT2D eigenvalue weighted by atomic mass is 9.76. The van der Waals surface area contributed by atoms with Crippen LogP contribution >= 0.6 is 0 Å². The van der Waals surface area contributed by atoms with Gasteiger partial charge in [0.25, 0.3) is 0 Å². The van der Waals surface area contributed by atoms with Crippen LogP contribution in [-0.2, 0) is 25.5 Å². The Morgan fingerprint density at radius 1 is 1.10 bits per heavy atom. The molecule has 156 valence electrons. The molecular weight excluding hydrogens is 387 g/mol. The van der Waals surface area contributed by atoms with Crippen molar-refractivity contribution in [1.82, 2.24) is 10.2 Å². The van der Waals surface area contributed by atoms with Gasteiger partial charge in [0, 0.05) is 19.5 Å². The maximum atomic E-state index is 13.5. The van der Waals surface area contributed by atoms with Crippen LogP contribution in [0.25, 0.3) is 0 Å². The van der Waals surface area contributed by atoms with Gasteiger partial charge in [-0.2, -0.15) is 0 Å². The second-order valence-electron chi connectivity index (χ2n) is 7.77. The molecule has 6 nitrogen and oxygen atoms in total. The monoisotopic (exact) mass is 410 g/mol. The molecule has 0 saturated carbocycles. The van der Waals surface area contributed by atoms with Gasteiger partial charge in [-0.3, -0.25) is 24.6 Å². The van der Waals surface area contributed by atoms with Crippen molar-refractivity contribution in [2.75, 3.05) is 13.7 Å². The number of amides is 2. The van der Waals surface area contributed by atoms with Crippen molar-refractivity contribution >= 4 is 17.8 Å². The average molecular weight is 410 g/mol. The predicted octanol–water partition coefficient (Wildman–Crippen LogP) is 2.25. The summed E-state index contributed by atoms with van der Waals surface area (Å²) in [4.78, 5) is 40.5. The van der Waals surface area contributed by atoms with E-state index in [0.29, 0.717) is 5.56 Å². The largest absolute Gasteiger partial charge is 0.465 e. The molecule has 2 heterocycles. The Kier molecular flexibility index (Phi) is 5.15. The number of likely N-dealkylation sites (tertiary alicyclic amines) is 1. The number of benzene rings is 2. The van der Waals surface area contributed by atoms with Crippen molar-refractivity contribution in [2.45, 2.75) is 24.9 Å². The zero-order valence-electron chi connectivity index (χ0n) is 16.8. The third kappa shape index (κ3) is 3.10. The summed E-state index contributed by atoms with van der Waals surface area (Å²) in [5.41, 5.74) is 0.0759. The van der Waals surface area contributed by atoms with E-state index in [4.69, 9.17) is 4.74 Å². The third-order valence-corrected chi connectivity index (χ3v) is 6.07. The molecule has 0 aliphatic carbocycles. The number of carbonyl (C=O) groups excluding carboxylic acids is 3. The Balaban J connectivity index is 1.85. The minimum absolute atomic E-state index is 0.146. The third-order valence-electron chi connectivity index (χ3n) is 6.07. The second-order valence-corrected chi connectivity index (χ2v) is 7.77. The molecule has 2 fully saturated rings. The fourth-order valence-electron chi connectivity index (χ4n) is 4.70. The maximum absolute atomic E-state index is 13.5. The summed E-state index contributed by atoms with van der Waals surface area (Å²) in [7, 11) is 1.43. The predicted molar refractivity (Wildman–Crippen MR) is 107 cm³/mol. The number of carbonyl (C=O) groups is 3. The Bertz CT molecular complexity index is 978. The number of halogens is 1. The van der Waals surface area contributed by atoms with Gasteiger partial charge in [0.05, 0.1) is 18.4 Å². The lowest BCUT2D eigenvalue weighted by molar-refractivity contribution is -0.156. The first kappa shape index (κ1) is 20.2. The van der Waals surface area contributed by atoms with Crippen molar-refractivity contribution in [3.8, 4) is 0 Å². The van der Waals surface area contributed by atoms with Crippen LogP contribution in [0.1, 0.15) is 24.1 Å². The number of imide groups is 1. The molecule has 0 bridgehead atoms. The van der Waals surface area contributed by atoms with Gasteiger partial charge in [0.1, 0.15) is 11.4 Å². The molecule has 4 rings (SSSR count). The van der Waals surface area contributed by atoms with Crippen LogP contribution < -0.4 is 5.32 Å². The lowest BCUT2D eigenvalue weighted by Gasteiger charge is -2.32. The van der Waals surface area contributed by atoms with Gasteiger partial charge in [-0.25, -0.2) is 4.39 Å². The fraction of sp³-hybridized carbons (Fsp3) is 0.348. The van der Waals surface area contributed by atoms with E-state index in [1.165, 1.54) is 19.2 Å². The van der Waals surface area contributed by atoms with Gasteiger partial charge in [0.2, 0.25) is 11.8 Å². The Hall–Kier alpha value is -3.06. The van der Waals surface area contributed by atoms with E-state index in [1.54, 1.807) is 19.1 Å². The molecule has 1 N–H and O–H groups in total. The van der Waals surface area contributed by atoms with Gasteiger partial charge in [-0.1, -0.05) is 42.5 Å². The molecule has 0 aromatic heterocycles. The Morgan fingerprint density at radius 2 is 1.77 bits per heavy atom. The average Bonchev–Trinajstić information content (AvgIpc) is 3.20. The van der Waals surface area contributed by atoms with Crippen LogP contribution in [0, 0.1) is 17.7 Å². The molecule has 4 atom stereocenters. The van der Waals surface area contributed by atoms with E-state index in [9.17, 15) is 18.8 Å². The number of esters is 1. The van der Waals surface area contributed by atoms with E-state index in [-0.39, 0.29) is 18.9 Å². The lowest BCUT2D eigenvalue weighted by Crippen LogP contribution is -2.57. The number of rotatable bonds is 5. The van der Waals surface area contributed by atoms with Gasteiger partial charge < -0.3 is 4.74 Å². The van der Waals surface area contributed by atoms with Crippen LogP contribution in [0.15, 0.2) is 54.6 Å². The summed E-state index contributed by atoms with van der Waals surface area (Å²) >= 11 is 0. The molecule has 2 aliphatic rings. The molecule has 2 aromatic rings. The van der Waals surface area contributed by atoms with Gasteiger partial charge in [-0.15, -0.1) is 0 Å². The van der Waals surface area contributed by atoms with E-state index in [1.807, 2.05) is 30.3 Å². The highest BCUT2D eigenvalue weighted by molar-refractivity contribution is 6.09. The van der Waals surface area contributed by atoms with E-state index in [2.05, 4.69) is 5.32 Å². The summed E-state index contributed by atoms with van der Waals surface area (Å²) in [5, 5.41) is 3.29. The minimum atomic E-state index is -1.40. The zero-order chi connectivity index (χ0) is 21.5. The van der Waals surface area contributed by atoms with Crippen molar-refractivity contribution in [2.24, 2.45) is 11.8 Å². The van der Waals surface area contributed by atoms with Crippen molar-refractivity contribution < 1.29 is 23.5 Å². The van der Waals surface area contributed by atoms with E-state index >= 15 is 0 Å². The van der Waals surface area contributed by atoms with Crippen LogP contribution in [0.3, 0.4) is 0 Å². The molecule has 30 heavy (non-hydrogen) atoms. The van der Waals surface area contributed by atoms with Crippen LogP contribution in [0.2, 0.25) is 0 Å². The number of nitrogens with zero attached hydrogens (tertiary/aromatic N) is 1. The van der Waals surface area contributed by atoms with Crippen LogP contribution in [0.4, 0.5) is 4.39 Å². The molecule has 2 saturated heterocycles. The van der Waals surface area contributed by atoms with Gasteiger partial charge in [0.15, 0.2) is 0 Å². The molecular formula is C23H23FN2O4. The quantitative estimate of drug-likeness (QED) is 0.605. The molecule has 2 aromatic carbocycles. The summed E-state index contributed by atoms with van der Waals surface area (Å²) < 4.78 is 18.9. The number of fused-ring (bicyclic) bond motifs is 1. The summed E-state index contributed by atoms with van der Waals surface area (Å²) in [6.45, 7) is 1.85. The molecule has 2 aliphatic heterocycles. The van der Waals surface area contributed by atoms with E-state index in [0.717, 1.165) is 10.5 Å². The minimum Gasteiger partial charge on any atom is -0.465 e. The second kappa shape index (κ2) is 7.65. The van der Waals surface area contributed by atoms with Crippen molar-refractivity contribution in [3.63, 3.8) is 0 Å². The van der Waals surface area contributed by atoms with Gasteiger partial charge >= 0.3 is 5.97 Å². The molecule has 7 heteroatoms. The summed E-state index contributed by atoms with van der Waals surface area (Å²) in [5.74, 6) is -3.42. The first-order chi connectivity index (χ1) is 14.4. The molecule has 0 radical (unpaired) electrons. The smallest absolute Gasteiger partial charge is 0.327 e. The summed E-state index contributed by atoms with van der Waals surface area (Å²) in [6.07, 6.45) is 0.193. The first-order valence-corrected chi connectivity index (χ1v) is 9.94. The maximum Gasteiger partial charge on any atom is 0.327 e. The zero-order valence-corrected chi connectivity index (χ0v) is 16.8. The number of hydrogen-bond donors (Lipinski definition) is 1. The SMILES string of the molecule is CCOC(=O)[C@]1(Cc2ccccc2)N[C@H](c2ccc(F)cc2)[C@@H]2C(=O)N(C)C(=O)[C@@H]21. The van der Waals surface area contributed by atoms with Crippen LogP contribution in [-0.4, -0.2) is 41.9 Å². The number of hydrogen-bond acceptors (Lipinski definition) is 5. The van der Waals surface area contributed by atoms with Crippen LogP contribution in [0.5, 0.6) is 0 Å². The normalized spacial score (nSPS) is 28.0. The molecule has 2 amide bonds.